The van der Waals surface area contributed by atoms with Crippen molar-refractivity contribution in [1.29, 1.82) is 0 Å². The van der Waals surface area contributed by atoms with Crippen LogP contribution in [0.3, 0.4) is 0 Å². The highest BCUT2D eigenvalue weighted by Gasteiger charge is 2.30. The largest absolute Gasteiger partial charge is 0.375 e. The number of fused-ring (bicyclic) bond motifs is 16. The molecule has 0 saturated heterocycles. The summed E-state index contributed by atoms with van der Waals surface area (Å²) in [5, 5.41) is 0. The molecule has 0 fully saturated rings. The van der Waals surface area contributed by atoms with Gasteiger partial charge in [-0.1, -0.05) is 71.2 Å². The van der Waals surface area contributed by atoms with Gasteiger partial charge in [0.15, 0.2) is 51.0 Å². The molecule has 0 unspecified atom stereocenters. The number of aromatic nitrogens is 16. The Kier molecular flexibility index (Phi) is 31.7. The average molecular weight is 1690 g/mol. The van der Waals surface area contributed by atoms with E-state index >= 15 is 0 Å². The van der Waals surface area contributed by atoms with Gasteiger partial charge in [0.25, 0.3) is 0 Å². The lowest BCUT2D eigenvalue weighted by atomic mass is 10.1. The zero-order valence-electron chi connectivity index (χ0n) is 74.1. The van der Waals surface area contributed by atoms with Gasteiger partial charge in [0.05, 0.1) is 135 Å². The van der Waals surface area contributed by atoms with Crippen LogP contribution in [0, 0.1) is 29.7 Å². The maximum atomic E-state index is 6.17. The zero-order chi connectivity index (χ0) is 83.5. The van der Waals surface area contributed by atoms with Gasteiger partial charge in [-0.3, -0.25) is 19.9 Å². The highest BCUT2D eigenvalue weighted by Crippen LogP contribution is 2.41. The Morgan fingerprint density at radius 2 is 0.441 bits per heavy atom. The molecule has 20 nitrogen and oxygen atoms in total. The van der Waals surface area contributed by atoms with Crippen LogP contribution in [0.5, 0.6) is 0 Å². The van der Waals surface area contributed by atoms with Gasteiger partial charge in [-0.25, -0.2) is 19.9 Å². The maximum absolute atomic E-state index is 6.17. The maximum Gasteiger partial charge on any atom is 0.216 e. The van der Waals surface area contributed by atoms with E-state index < -0.39 is 0 Å². The Morgan fingerprint density at radius 3 is 0.654 bits per heavy atom. The Labute approximate surface area is 746 Å². The molecule has 14 aromatic rings. The van der Waals surface area contributed by atoms with Crippen LogP contribution in [-0.4, -0.2) is 113 Å². The summed E-state index contributed by atoms with van der Waals surface area (Å²) in [6, 6.07) is 66.4. The van der Waals surface area contributed by atoms with Crippen LogP contribution in [0.15, 0.2) is 244 Å². The summed E-state index contributed by atoms with van der Waals surface area (Å²) in [5.74, 6) is 0. The van der Waals surface area contributed by atoms with Crippen molar-refractivity contribution in [3.63, 3.8) is 0 Å². The third-order valence-corrected chi connectivity index (χ3v) is 22.2. The monoisotopic (exact) mass is 1690 g/mol. The van der Waals surface area contributed by atoms with Gasteiger partial charge in [-0.05, 0) is 196 Å². The Balaban J connectivity index is 0.000000229. The fraction of sp³-hybridized carbons (Fsp3) is 0.215. The number of unbranched alkanes of at least 4 members (excludes halogenated alkanes) is 3. The van der Waals surface area contributed by atoms with E-state index in [9.17, 15) is 0 Å². The molecule has 0 radical (unpaired) electrons. The van der Waals surface area contributed by atoms with Crippen molar-refractivity contribution in [3.05, 3.63) is 319 Å². The molecule has 0 amide bonds. The SMILES string of the molecule is C1=Cc2nc1c(-c1ccccn1)c1ccc([nH]1)c(-c1ccccn1)c1nc(c(-c3ccccn3)c3ccc([nH]3)c2-c2ccccn2)C=C1.CCCCOCC[n+]1ccccc1-c1c2nc(c(-c3cccc[n+]3CCOCCCC)c3ccc([nH]3)c(-c3cccc[n+]3CCOCCCC)c3nc(c(-c4cccc[n+]4CCOCCC)c4ccc1[nH]4)C=C3)C=C2.[CH3-].[CH3-].[CH3-].[CH3-]. The summed E-state index contributed by atoms with van der Waals surface area (Å²) in [5.41, 5.74) is 28.6. The molecule has 646 valence electrons. The summed E-state index contributed by atoms with van der Waals surface area (Å²) >= 11 is 0. The molecule has 0 saturated carbocycles. The minimum absolute atomic E-state index is 0. The molecule has 4 N–H and O–H groups in total. The van der Waals surface area contributed by atoms with Crippen LogP contribution < -0.4 is 18.3 Å². The fourth-order valence-corrected chi connectivity index (χ4v) is 16.1. The standard InChI is InChI=1S/C63H75N8O4.C40H26N8.4CH3/c1-5-9-41-73-45-37-69-33-17-13-21-57(69)61-50-26-24-48(64-50)60(56-20-12-16-32-68(56)36-44-72-40-8-4)49-25-27-51(65-49)62(58-22-14-18-34-70(58)38-46-74-42-10-6-2)53-29-31-55(67-53)63(54-30-28-52(61)66-54)59-23-15-19-35-71(59)39-47-75-43-11-7-3;1-5-21-41-25(9-1)37-29-13-15-31(45-29)38(26-10-2-6-22-42-26)33-17-19-35(47-33)40(28-12-4-8-24-44-28)36-20-18-34(48-36)39(27-11-3-7-23-43-27)32-16-14-30(37)46-32;;;;/h12-35H,5-11,36-47H2,1-4H3,(H,64,65,66,67);1-24,45,48H;4*1H3/q+3;;4*-1/p+1. The summed E-state index contributed by atoms with van der Waals surface area (Å²) in [4.78, 5) is 56.2. The van der Waals surface area contributed by atoms with Crippen molar-refractivity contribution >= 4 is 92.7 Å². The van der Waals surface area contributed by atoms with Gasteiger partial charge in [-0.15, -0.1) is 0 Å². The van der Waals surface area contributed by atoms with Gasteiger partial charge in [0, 0.05) is 122 Å². The Morgan fingerprint density at radius 1 is 0.228 bits per heavy atom. The quantitative estimate of drug-likeness (QED) is 0.0181. The molecule has 16 bridgehead atoms. The molecule has 0 aliphatic carbocycles. The molecular weight excluding hydrogens is 1570 g/mol. The Hall–Kier alpha value is -13.8. The van der Waals surface area contributed by atoms with E-state index in [4.69, 9.17) is 58.8 Å². The van der Waals surface area contributed by atoms with Gasteiger partial charge in [0.2, 0.25) is 22.8 Å². The molecule has 14 aromatic heterocycles. The first kappa shape index (κ1) is 91.0. The number of nitrogens with zero attached hydrogens (tertiary/aromatic N) is 12. The number of nitrogens with one attached hydrogen (secondary N) is 4. The predicted molar refractivity (Wildman–Crippen MR) is 517 cm³/mol. The van der Waals surface area contributed by atoms with Gasteiger partial charge < -0.3 is 68.6 Å². The summed E-state index contributed by atoms with van der Waals surface area (Å²) in [6.45, 7) is 16.8. The van der Waals surface area contributed by atoms with E-state index in [1.807, 2.05) is 97.1 Å². The fourth-order valence-electron chi connectivity index (χ4n) is 16.1. The number of aromatic amines is 4. The van der Waals surface area contributed by atoms with E-state index in [1.165, 1.54) is 0 Å². The van der Waals surface area contributed by atoms with E-state index in [1.54, 1.807) is 24.8 Å². The third-order valence-electron chi connectivity index (χ3n) is 22.2. The predicted octanol–water partition coefficient (Wildman–Crippen LogP) is 22.1. The first-order valence-electron chi connectivity index (χ1n) is 43.1. The average Bonchev–Trinajstić information content (AvgIpc) is 1.61. The molecular formula is C107H114N16O4. The van der Waals surface area contributed by atoms with Crippen molar-refractivity contribution in [2.24, 2.45) is 0 Å². The lowest BCUT2D eigenvalue weighted by molar-refractivity contribution is -0.688. The first-order valence-corrected chi connectivity index (χ1v) is 43.1. The van der Waals surface area contributed by atoms with Crippen molar-refractivity contribution in [1.82, 2.24) is 59.8 Å². The molecule has 0 spiro atoms. The molecule has 18 rings (SSSR count). The molecule has 20 heteroatoms. The lowest BCUT2D eigenvalue weighted by Gasteiger charge is -2.08. The summed E-state index contributed by atoms with van der Waals surface area (Å²) < 4.78 is 33.8. The molecule has 18 heterocycles. The molecule has 127 heavy (non-hydrogen) atoms. The second-order valence-corrected chi connectivity index (χ2v) is 30.5. The summed E-state index contributed by atoms with van der Waals surface area (Å²) in [6.07, 6.45) is 40.0. The highest BCUT2D eigenvalue weighted by atomic mass is 16.5. The van der Waals surface area contributed by atoms with Gasteiger partial charge >= 0.3 is 0 Å². The van der Waals surface area contributed by atoms with Crippen molar-refractivity contribution < 1.29 is 37.2 Å². The van der Waals surface area contributed by atoms with Crippen LogP contribution in [-0.2, 0) is 45.1 Å². The zero-order valence-corrected chi connectivity index (χ0v) is 74.1. The van der Waals surface area contributed by atoms with Crippen LogP contribution in [0.25, 0.3) is 183 Å². The van der Waals surface area contributed by atoms with Crippen LogP contribution in [0.4, 0.5) is 0 Å². The van der Waals surface area contributed by atoms with Gasteiger partial charge in [-0.2, -0.15) is 18.3 Å². The van der Waals surface area contributed by atoms with E-state index in [0.717, 1.165) is 251 Å². The number of pyridine rings is 8. The van der Waals surface area contributed by atoms with Crippen molar-refractivity contribution in [2.75, 3.05) is 52.9 Å². The lowest BCUT2D eigenvalue weighted by Crippen LogP contribution is -2.38. The molecule has 4 aliphatic rings. The highest BCUT2D eigenvalue weighted by molar-refractivity contribution is 6.01. The van der Waals surface area contributed by atoms with E-state index in [2.05, 4.69) is 236 Å². The van der Waals surface area contributed by atoms with E-state index in [-0.39, 0.29) is 29.7 Å². The number of hydrogen-bond donors (Lipinski definition) is 4. The van der Waals surface area contributed by atoms with Crippen LogP contribution >= 0.6 is 0 Å². The van der Waals surface area contributed by atoms with Gasteiger partial charge in [0.1, 0.15) is 26.4 Å². The molecule has 4 aliphatic heterocycles. The third kappa shape index (κ3) is 20.6. The van der Waals surface area contributed by atoms with Crippen LogP contribution in [0.2, 0.25) is 0 Å². The number of hydrogen-bond acceptors (Lipinski definition) is 12. The van der Waals surface area contributed by atoms with E-state index in [0.29, 0.717) is 52.6 Å². The van der Waals surface area contributed by atoms with Crippen molar-refractivity contribution in [2.45, 2.75) is 98.8 Å². The normalized spacial score (nSPS) is 11.7. The molecule has 0 aromatic carbocycles. The second-order valence-electron chi connectivity index (χ2n) is 30.5. The minimum Gasteiger partial charge on any atom is -0.375 e. The number of rotatable bonds is 31. The second kappa shape index (κ2) is 44.2. The summed E-state index contributed by atoms with van der Waals surface area (Å²) in [7, 11) is 0. The molecule has 0 atom stereocenters. The number of ether oxygens (including phenoxy) is 4. The van der Waals surface area contributed by atoms with Crippen LogP contribution in [0.1, 0.15) is 118 Å². The van der Waals surface area contributed by atoms with Crippen molar-refractivity contribution in [3.8, 4) is 90.1 Å². The number of H-pyrrole nitrogens is 4. The first-order chi connectivity index (χ1) is 60.9. The minimum atomic E-state index is 0. The topological polar surface area (TPSA) is 219 Å². The smallest absolute Gasteiger partial charge is 0.216 e. The Bertz CT molecular complexity index is 6170.